The van der Waals surface area contributed by atoms with Gasteiger partial charge in [0.2, 0.25) is 10.0 Å². The second-order valence-corrected chi connectivity index (χ2v) is 8.58. The van der Waals surface area contributed by atoms with E-state index in [9.17, 15) is 17.2 Å². The Labute approximate surface area is 142 Å². The first-order chi connectivity index (χ1) is 11.1. The van der Waals surface area contributed by atoms with Crippen LogP contribution in [-0.2, 0) is 16.6 Å². The molecule has 134 valence electrons. The normalized spacial score (nSPS) is 17.5. The van der Waals surface area contributed by atoms with Crippen molar-refractivity contribution < 1.29 is 21.9 Å². The lowest BCUT2D eigenvalue weighted by Gasteiger charge is -2.30. The molecule has 1 aliphatic rings. The number of hydrogen-bond acceptors (Lipinski definition) is 3. The van der Waals surface area contributed by atoms with Crippen LogP contribution in [0.15, 0.2) is 18.2 Å². The smallest absolute Gasteiger partial charge is 0.211 e. The van der Waals surface area contributed by atoms with Gasteiger partial charge in [-0.2, -0.15) is 4.31 Å². The summed E-state index contributed by atoms with van der Waals surface area (Å²) in [4.78, 5) is 0. The summed E-state index contributed by atoms with van der Waals surface area (Å²) in [6.45, 7) is 3.54. The molecule has 1 aliphatic heterocycles. The van der Waals surface area contributed by atoms with Gasteiger partial charge in [0, 0.05) is 12.1 Å². The van der Waals surface area contributed by atoms with E-state index >= 15 is 0 Å². The topological polar surface area (TPSA) is 46.6 Å². The molecule has 0 radical (unpaired) electrons. The minimum absolute atomic E-state index is 0.0807. The summed E-state index contributed by atoms with van der Waals surface area (Å²) in [6, 6.07) is 2.28. The lowest BCUT2D eigenvalue weighted by Crippen LogP contribution is -2.42. The summed E-state index contributed by atoms with van der Waals surface area (Å²) < 4.78 is 56.6. The van der Waals surface area contributed by atoms with Crippen molar-refractivity contribution in [1.82, 2.24) is 4.31 Å². The molecule has 24 heavy (non-hydrogen) atoms. The van der Waals surface area contributed by atoms with E-state index in [1.807, 2.05) is 32.9 Å². The zero-order valence-corrected chi connectivity index (χ0v) is 15.2. The van der Waals surface area contributed by atoms with Gasteiger partial charge in [-0.25, -0.2) is 17.2 Å². The summed E-state index contributed by atoms with van der Waals surface area (Å²) in [5, 5.41) is 0. The van der Waals surface area contributed by atoms with Crippen molar-refractivity contribution in [2.75, 3.05) is 19.6 Å². The molecule has 2 rings (SSSR count). The summed E-state index contributed by atoms with van der Waals surface area (Å²) in [5.74, 6) is 0.740. The van der Waals surface area contributed by atoms with Crippen LogP contribution >= 0.6 is 0 Å². The van der Waals surface area contributed by atoms with E-state index in [1.165, 1.54) is 0 Å². The van der Waals surface area contributed by atoms with E-state index in [0.717, 1.165) is 27.4 Å². The lowest BCUT2D eigenvalue weighted by atomic mass is 9.98. The fourth-order valence-corrected chi connectivity index (χ4v) is 3.75. The Bertz CT molecular complexity index is 740. The molecule has 1 aromatic carbocycles. The van der Waals surface area contributed by atoms with Crippen LogP contribution in [0.1, 0.15) is 30.5 Å². The largest absolute Gasteiger partial charge is 0.483 e. The lowest BCUT2D eigenvalue weighted by molar-refractivity contribution is 0.157. The maximum atomic E-state index is 13.0. The first-order valence-electron chi connectivity index (χ1n) is 7.68. The highest BCUT2D eigenvalue weighted by atomic mass is 32.2. The number of fused-ring (bicyclic) bond motifs is 1. The predicted octanol–water partition coefficient (Wildman–Crippen LogP) is 3.25. The Morgan fingerprint density at radius 1 is 1.25 bits per heavy atom. The van der Waals surface area contributed by atoms with Crippen molar-refractivity contribution in [3.8, 4) is 5.75 Å². The summed E-state index contributed by atoms with van der Waals surface area (Å²) >= 11 is 0. The highest BCUT2D eigenvalue weighted by molar-refractivity contribution is 7.88. The molecule has 0 bridgehead atoms. The van der Waals surface area contributed by atoms with E-state index in [-0.39, 0.29) is 6.54 Å². The van der Waals surface area contributed by atoms with Gasteiger partial charge in [0.05, 0.1) is 12.3 Å². The first kappa shape index (κ1) is 18.9. The van der Waals surface area contributed by atoms with Crippen molar-refractivity contribution in [2.45, 2.75) is 39.0 Å². The summed E-state index contributed by atoms with van der Waals surface area (Å²) in [7, 11) is -3.74. The summed E-state index contributed by atoms with van der Waals surface area (Å²) in [6.07, 6.45) is 4.79. The molecule has 0 saturated heterocycles. The molecule has 1 heterocycles. The molecule has 0 spiro atoms. The van der Waals surface area contributed by atoms with Gasteiger partial charge in [0.25, 0.3) is 0 Å². The maximum Gasteiger partial charge on any atom is 0.211 e. The molecule has 1 aromatic rings. The van der Waals surface area contributed by atoms with Crippen LogP contribution in [0.5, 0.6) is 5.75 Å². The Morgan fingerprint density at radius 3 is 2.42 bits per heavy atom. The van der Waals surface area contributed by atoms with Crippen LogP contribution < -0.4 is 4.74 Å². The van der Waals surface area contributed by atoms with E-state index in [1.54, 1.807) is 12.1 Å². The van der Waals surface area contributed by atoms with E-state index in [4.69, 9.17) is 4.74 Å². The average Bonchev–Trinajstić information content (AvgIpc) is 2.47. The molecule has 7 heteroatoms. The first-order valence-corrected chi connectivity index (χ1v) is 9.53. The average molecular weight is 358 g/mol. The number of benzene rings is 1. The SMILES string of the molecule is Cc1cc(CN(C(CF)C[18F])S(C)(=O)=O)cc2c1OC(C)(C)C=C2. The Morgan fingerprint density at radius 2 is 1.88 bits per heavy atom. The maximum absolute atomic E-state index is 13.0. The zero-order valence-electron chi connectivity index (χ0n) is 14.3. The molecular formula is C17H23F2NO3S. The Kier molecular flexibility index (Phi) is 5.34. The van der Waals surface area contributed by atoms with Gasteiger partial charge < -0.3 is 4.74 Å². The molecular weight excluding hydrogens is 335 g/mol. The molecule has 0 N–H and O–H groups in total. The number of nitrogens with zero attached hydrogens (tertiary/aromatic N) is 1. The molecule has 0 aromatic heterocycles. The molecule has 0 amide bonds. The fraction of sp³-hybridized carbons (Fsp3) is 0.529. The quantitative estimate of drug-likeness (QED) is 0.784. The van der Waals surface area contributed by atoms with Gasteiger partial charge in [0.15, 0.2) is 0 Å². The Hall–Kier alpha value is -1.47. The van der Waals surface area contributed by atoms with Crippen LogP contribution in [0.4, 0.5) is 8.78 Å². The van der Waals surface area contributed by atoms with E-state index < -0.39 is 35.0 Å². The number of hydrogen-bond donors (Lipinski definition) is 0. The van der Waals surface area contributed by atoms with Crippen LogP contribution in [0, 0.1) is 6.92 Å². The van der Waals surface area contributed by atoms with E-state index in [2.05, 4.69) is 0 Å². The predicted molar refractivity (Wildman–Crippen MR) is 91.0 cm³/mol. The third kappa shape index (κ3) is 4.13. The van der Waals surface area contributed by atoms with Gasteiger partial charge in [-0.15, -0.1) is 0 Å². The molecule has 0 fully saturated rings. The fourth-order valence-electron chi connectivity index (χ4n) is 2.71. The number of halogens is 2. The van der Waals surface area contributed by atoms with E-state index in [0.29, 0.717) is 5.56 Å². The highest BCUT2D eigenvalue weighted by Gasteiger charge is 2.28. The molecule has 4 nitrogen and oxygen atoms in total. The van der Waals surface area contributed by atoms with Crippen molar-refractivity contribution in [3.05, 3.63) is 34.9 Å². The second-order valence-electron chi connectivity index (χ2n) is 6.64. The van der Waals surface area contributed by atoms with Crippen LogP contribution in [0.2, 0.25) is 0 Å². The van der Waals surface area contributed by atoms with Gasteiger partial charge in [0.1, 0.15) is 24.7 Å². The minimum Gasteiger partial charge on any atom is -0.483 e. The molecule has 1 atom stereocenters. The standard InChI is InChI=1S/C17H23F2NO3S/c1-12-7-13(8-14-5-6-17(2,3)23-16(12)14)11-20(24(4,21)22)15(9-18)10-19/h5-8,15H,9-11H2,1-4H3/i18-1. The molecule has 0 aliphatic carbocycles. The van der Waals surface area contributed by atoms with Gasteiger partial charge in [-0.05, 0) is 44.0 Å². The van der Waals surface area contributed by atoms with Crippen LogP contribution in [-0.4, -0.2) is 44.0 Å². The van der Waals surface area contributed by atoms with Crippen molar-refractivity contribution >= 4 is 16.1 Å². The summed E-state index contributed by atoms with van der Waals surface area (Å²) in [5.41, 5.74) is 1.93. The van der Waals surface area contributed by atoms with Crippen molar-refractivity contribution in [1.29, 1.82) is 0 Å². The number of rotatable bonds is 6. The molecule has 0 saturated carbocycles. The van der Waals surface area contributed by atoms with Crippen molar-refractivity contribution in [3.63, 3.8) is 0 Å². The number of alkyl halides is 2. The number of aryl methyl sites for hydroxylation is 1. The number of ether oxygens (including phenoxy) is 1. The van der Waals surface area contributed by atoms with Crippen LogP contribution in [0.3, 0.4) is 0 Å². The van der Waals surface area contributed by atoms with Crippen LogP contribution in [0.25, 0.3) is 6.08 Å². The molecule has 1 unspecified atom stereocenters. The van der Waals surface area contributed by atoms with Gasteiger partial charge in [-0.1, -0.05) is 12.1 Å². The number of sulfonamides is 1. The Balaban J connectivity index is 2.38. The highest BCUT2D eigenvalue weighted by Crippen LogP contribution is 2.35. The van der Waals surface area contributed by atoms with Gasteiger partial charge in [-0.3, -0.25) is 0 Å². The van der Waals surface area contributed by atoms with Crippen molar-refractivity contribution in [2.24, 2.45) is 0 Å². The monoisotopic (exact) mass is 358 g/mol. The minimum atomic E-state index is -3.74. The third-order valence-corrected chi connectivity index (χ3v) is 5.20. The third-order valence-electron chi connectivity index (χ3n) is 3.92. The van der Waals surface area contributed by atoms with Gasteiger partial charge >= 0.3 is 0 Å². The zero-order chi connectivity index (χ0) is 18.1. The second kappa shape index (κ2) is 6.80.